The smallest absolute Gasteiger partial charge is 0.257 e. The summed E-state index contributed by atoms with van der Waals surface area (Å²) in [6.45, 7) is 0. The average molecular weight is 346 g/mol. The Morgan fingerprint density at radius 2 is 2.00 bits per heavy atom. The van der Waals surface area contributed by atoms with E-state index in [1.807, 2.05) is 0 Å². The Morgan fingerprint density at radius 1 is 1.22 bits per heavy atom. The fourth-order valence-electron chi connectivity index (χ4n) is 1.30. The summed E-state index contributed by atoms with van der Waals surface area (Å²) >= 11 is 14.9. The van der Waals surface area contributed by atoms with E-state index in [0.29, 0.717) is 21.4 Å². The molecule has 92 valence electrons. The van der Waals surface area contributed by atoms with Crippen LogP contribution in [0.5, 0.6) is 0 Å². The van der Waals surface area contributed by atoms with E-state index in [1.54, 1.807) is 30.3 Å². The van der Waals surface area contributed by atoms with Gasteiger partial charge in [0.25, 0.3) is 5.91 Å². The molecule has 1 aromatic carbocycles. The van der Waals surface area contributed by atoms with Crippen LogP contribution >= 0.6 is 39.1 Å². The number of nitrogens with one attached hydrogen (secondary N) is 1. The summed E-state index contributed by atoms with van der Waals surface area (Å²) in [5.74, 6) is -0.289. The van der Waals surface area contributed by atoms with Gasteiger partial charge in [-0.3, -0.25) is 4.79 Å². The van der Waals surface area contributed by atoms with Crippen molar-refractivity contribution in [2.45, 2.75) is 0 Å². The van der Waals surface area contributed by atoms with E-state index < -0.39 is 0 Å². The average Bonchev–Trinajstić information content (AvgIpc) is 2.33. The number of aromatic nitrogens is 1. The summed E-state index contributed by atoms with van der Waals surface area (Å²) in [5.41, 5.74) is 0.957. The first-order chi connectivity index (χ1) is 8.56. The number of hydrogen-bond acceptors (Lipinski definition) is 2. The van der Waals surface area contributed by atoms with Crippen molar-refractivity contribution in [2.75, 3.05) is 5.32 Å². The van der Waals surface area contributed by atoms with Gasteiger partial charge in [-0.25, -0.2) is 4.98 Å². The number of halogens is 3. The monoisotopic (exact) mass is 344 g/mol. The van der Waals surface area contributed by atoms with Gasteiger partial charge in [-0.2, -0.15) is 0 Å². The lowest BCUT2D eigenvalue weighted by Crippen LogP contribution is -2.12. The van der Waals surface area contributed by atoms with E-state index in [2.05, 4.69) is 26.2 Å². The van der Waals surface area contributed by atoms with Crippen LogP contribution in [-0.4, -0.2) is 10.9 Å². The Kier molecular flexibility index (Phi) is 4.22. The van der Waals surface area contributed by atoms with Crippen molar-refractivity contribution >= 4 is 50.7 Å². The summed E-state index contributed by atoms with van der Waals surface area (Å²) in [5, 5.41) is 3.50. The summed E-state index contributed by atoms with van der Waals surface area (Å²) in [4.78, 5) is 15.7. The zero-order valence-corrected chi connectivity index (χ0v) is 12.1. The minimum atomic E-state index is -0.289. The number of amides is 1. The van der Waals surface area contributed by atoms with Crippen LogP contribution in [0, 0.1) is 0 Å². The predicted octanol–water partition coefficient (Wildman–Crippen LogP) is 4.40. The molecule has 0 aliphatic carbocycles. The van der Waals surface area contributed by atoms with Crippen molar-refractivity contribution in [1.82, 2.24) is 4.98 Å². The van der Waals surface area contributed by atoms with Crippen LogP contribution in [-0.2, 0) is 0 Å². The SMILES string of the molecule is O=C(Nc1ccc(Br)cc1Cl)c1ccc(Cl)nc1. The van der Waals surface area contributed by atoms with Crippen LogP contribution in [0.1, 0.15) is 10.4 Å². The summed E-state index contributed by atoms with van der Waals surface area (Å²) in [6.07, 6.45) is 1.41. The minimum Gasteiger partial charge on any atom is -0.321 e. The number of benzene rings is 1. The van der Waals surface area contributed by atoms with Gasteiger partial charge in [0.2, 0.25) is 0 Å². The van der Waals surface area contributed by atoms with E-state index >= 15 is 0 Å². The fraction of sp³-hybridized carbons (Fsp3) is 0. The van der Waals surface area contributed by atoms with Gasteiger partial charge in [0.15, 0.2) is 0 Å². The van der Waals surface area contributed by atoms with Crippen LogP contribution in [0.15, 0.2) is 41.0 Å². The number of carbonyl (C=O) groups is 1. The Hall–Kier alpha value is -1.10. The molecular formula is C12H7BrCl2N2O. The molecule has 0 unspecified atom stereocenters. The first kappa shape index (κ1) is 13.3. The molecule has 0 fully saturated rings. The van der Waals surface area contributed by atoms with Crippen molar-refractivity contribution in [3.63, 3.8) is 0 Å². The molecule has 3 nitrogen and oxygen atoms in total. The Labute approximate surface area is 122 Å². The maximum absolute atomic E-state index is 11.9. The number of hydrogen-bond donors (Lipinski definition) is 1. The number of rotatable bonds is 2. The molecule has 0 saturated heterocycles. The summed E-state index contributed by atoms with van der Waals surface area (Å²) in [7, 11) is 0. The minimum absolute atomic E-state index is 0.289. The van der Waals surface area contributed by atoms with Crippen molar-refractivity contribution in [3.05, 3.63) is 56.7 Å². The van der Waals surface area contributed by atoms with Gasteiger partial charge in [0, 0.05) is 10.7 Å². The first-order valence-electron chi connectivity index (χ1n) is 4.94. The Morgan fingerprint density at radius 3 is 2.61 bits per heavy atom. The number of carbonyl (C=O) groups excluding carboxylic acids is 1. The maximum atomic E-state index is 11.9. The molecule has 2 rings (SSSR count). The molecule has 0 radical (unpaired) electrons. The van der Waals surface area contributed by atoms with E-state index in [9.17, 15) is 4.79 Å². The van der Waals surface area contributed by atoms with Gasteiger partial charge < -0.3 is 5.32 Å². The highest BCUT2D eigenvalue weighted by molar-refractivity contribution is 9.10. The molecule has 0 saturated carbocycles. The summed E-state index contributed by atoms with van der Waals surface area (Å²) < 4.78 is 0.846. The Balaban J connectivity index is 2.18. The second kappa shape index (κ2) is 5.69. The third kappa shape index (κ3) is 3.22. The Bertz CT molecular complexity index is 587. The second-order valence-electron chi connectivity index (χ2n) is 3.45. The molecule has 0 aliphatic rings. The van der Waals surface area contributed by atoms with Gasteiger partial charge in [-0.05, 0) is 30.3 Å². The quantitative estimate of drug-likeness (QED) is 0.819. The van der Waals surface area contributed by atoms with E-state index in [4.69, 9.17) is 23.2 Å². The highest BCUT2D eigenvalue weighted by Crippen LogP contribution is 2.26. The van der Waals surface area contributed by atoms with E-state index in [1.165, 1.54) is 6.20 Å². The fourth-order valence-corrected chi connectivity index (χ4v) is 2.13. The molecule has 0 atom stereocenters. The van der Waals surface area contributed by atoms with Crippen LogP contribution in [0.3, 0.4) is 0 Å². The summed E-state index contributed by atoms with van der Waals surface area (Å²) in [6, 6.07) is 8.36. The molecule has 1 aromatic heterocycles. The first-order valence-corrected chi connectivity index (χ1v) is 6.49. The number of pyridine rings is 1. The van der Waals surface area contributed by atoms with Crippen molar-refractivity contribution in [3.8, 4) is 0 Å². The number of anilines is 1. The molecule has 1 amide bonds. The molecule has 1 N–H and O–H groups in total. The second-order valence-corrected chi connectivity index (χ2v) is 5.16. The molecule has 0 aliphatic heterocycles. The lowest BCUT2D eigenvalue weighted by Gasteiger charge is -2.07. The highest BCUT2D eigenvalue weighted by atomic mass is 79.9. The third-order valence-corrected chi connectivity index (χ3v) is 3.20. The predicted molar refractivity (Wildman–Crippen MR) is 76.4 cm³/mol. The third-order valence-electron chi connectivity index (χ3n) is 2.17. The van der Waals surface area contributed by atoms with Gasteiger partial charge >= 0.3 is 0 Å². The van der Waals surface area contributed by atoms with E-state index in [-0.39, 0.29) is 5.91 Å². The lowest BCUT2D eigenvalue weighted by atomic mass is 10.2. The number of nitrogens with zero attached hydrogens (tertiary/aromatic N) is 1. The largest absolute Gasteiger partial charge is 0.321 e. The van der Waals surface area contributed by atoms with Crippen molar-refractivity contribution in [2.24, 2.45) is 0 Å². The molecular weight excluding hydrogens is 339 g/mol. The molecule has 0 bridgehead atoms. The van der Waals surface area contributed by atoms with Gasteiger partial charge in [-0.1, -0.05) is 39.1 Å². The van der Waals surface area contributed by atoms with E-state index in [0.717, 1.165) is 4.47 Å². The van der Waals surface area contributed by atoms with Gasteiger partial charge in [0.1, 0.15) is 5.15 Å². The van der Waals surface area contributed by atoms with Gasteiger partial charge in [0.05, 0.1) is 16.3 Å². The molecule has 0 spiro atoms. The molecule has 6 heteroatoms. The van der Waals surface area contributed by atoms with Crippen molar-refractivity contribution in [1.29, 1.82) is 0 Å². The highest BCUT2D eigenvalue weighted by Gasteiger charge is 2.09. The zero-order chi connectivity index (χ0) is 13.1. The van der Waals surface area contributed by atoms with Gasteiger partial charge in [-0.15, -0.1) is 0 Å². The topological polar surface area (TPSA) is 42.0 Å². The van der Waals surface area contributed by atoms with Crippen LogP contribution in [0.25, 0.3) is 0 Å². The standard InChI is InChI=1S/C12H7BrCl2N2O/c13-8-2-3-10(9(14)5-8)17-12(18)7-1-4-11(15)16-6-7/h1-6H,(H,17,18). The molecule has 1 heterocycles. The van der Waals surface area contributed by atoms with Crippen LogP contribution in [0.2, 0.25) is 10.2 Å². The normalized spacial score (nSPS) is 10.2. The molecule has 18 heavy (non-hydrogen) atoms. The van der Waals surface area contributed by atoms with Crippen LogP contribution < -0.4 is 5.32 Å². The lowest BCUT2D eigenvalue weighted by molar-refractivity contribution is 0.102. The maximum Gasteiger partial charge on any atom is 0.257 e. The zero-order valence-electron chi connectivity index (χ0n) is 8.95. The van der Waals surface area contributed by atoms with Crippen LogP contribution in [0.4, 0.5) is 5.69 Å². The van der Waals surface area contributed by atoms with Crippen molar-refractivity contribution < 1.29 is 4.79 Å². The molecule has 2 aromatic rings.